The summed E-state index contributed by atoms with van der Waals surface area (Å²) < 4.78 is 12.8. The Kier molecular flexibility index (Phi) is 6.15. The summed E-state index contributed by atoms with van der Waals surface area (Å²) in [6.07, 6.45) is 1.49. The van der Waals surface area contributed by atoms with Gasteiger partial charge < -0.3 is 0 Å². The van der Waals surface area contributed by atoms with Crippen molar-refractivity contribution >= 4 is 23.9 Å². The molecule has 0 aliphatic rings. The van der Waals surface area contributed by atoms with E-state index < -0.39 is 0 Å². The van der Waals surface area contributed by atoms with Crippen LogP contribution in [-0.4, -0.2) is 17.4 Å². The van der Waals surface area contributed by atoms with Gasteiger partial charge in [0.15, 0.2) is 0 Å². The molecule has 0 heterocycles. The van der Waals surface area contributed by atoms with Gasteiger partial charge in [0.05, 0.1) is 11.5 Å². The van der Waals surface area contributed by atoms with Gasteiger partial charge in [-0.25, -0.2) is 9.82 Å². The molecule has 0 radical (unpaired) electrons. The van der Waals surface area contributed by atoms with Crippen LogP contribution in [0.2, 0.25) is 0 Å². The number of thioether (sulfide) groups is 1. The van der Waals surface area contributed by atoms with Crippen LogP contribution in [0, 0.1) is 5.82 Å². The van der Waals surface area contributed by atoms with Crippen molar-refractivity contribution in [2.45, 2.75) is 17.9 Å². The minimum atomic E-state index is -0.299. The van der Waals surface area contributed by atoms with Crippen molar-refractivity contribution in [3.05, 3.63) is 71.5 Å². The zero-order chi connectivity index (χ0) is 15.8. The van der Waals surface area contributed by atoms with Gasteiger partial charge in [0, 0.05) is 5.75 Å². The summed E-state index contributed by atoms with van der Waals surface area (Å²) in [6, 6.07) is 15.9. The Bertz CT molecular complexity index is 629. The van der Waals surface area contributed by atoms with Gasteiger partial charge in [0.1, 0.15) is 5.82 Å². The minimum absolute atomic E-state index is 0.153. The number of nitrogens with one attached hydrogen (secondary N) is 1. The van der Waals surface area contributed by atoms with Crippen LogP contribution in [-0.2, 0) is 10.5 Å². The molecule has 114 valence electrons. The molecule has 0 aliphatic carbocycles. The molecule has 3 nitrogen and oxygen atoms in total. The van der Waals surface area contributed by atoms with Crippen LogP contribution in [0.5, 0.6) is 0 Å². The molecular weight excluding hydrogens is 299 g/mol. The second kappa shape index (κ2) is 8.34. The molecule has 0 bridgehead atoms. The highest BCUT2D eigenvalue weighted by atomic mass is 32.2. The molecular formula is C17H17FN2OS. The topological polar surface area (TPSA) is 41.5 Å². The molecule has 0 unspecified atom stereocenters. The summed E-state index contributed by atoms with van der Waals surface area (Å²) in [5.41, 5.74) is 4.41. The number of hydrogen-bond donors (Lipinski definition) is 1. The first-order valence-corrected chi connectivity index (χ1v) is 7.94. The van der Waals surface area contributed by atoms with Crippen molar-refractivity contribution in [1.29, 1.82) is 0 Å². The molecule has 1 atom stereocenters. The lowest BCUT2D eigenvalue weighted by molar-refractivity contribution is -0.120. The summed E-state index contributed by atoms with van der Waals surface area (Å²) in [5, 5.41) is 3.68. The van der Waals surface area contributed by atoms with E-state index in [0.29, 0.717) is 0 Å². The number of hydrazone groups is 1. The number of carbonyl (C=O) groups is 1. The maximum atomic E-state index is 12.8. The number of rotatable bonds is 6. The van der Waals surface area contributed by atoms with Gasteiger partial charge in [-0.2, -0.15) is 5.10 Å². The molecule has 2 rings (SSSR count). The highest BCUT2D eigenvalue weighted by Gasteiger charge is 2.12. The van der Waals surface area contributed by atoms with E-state index in [2.05, 4.69) is 10.5 Å². The smallest absolute Gasteiger partial charge is 0.252 e. The zero-order valence-electron chi connectivity index (χ0n) is 12.2. The molecule has 5 heteroatoms. The van der Waals surface area contributed by atoms with E-state index in [1.807, 2.05) is 37.3 Å². The van der Waals surface area contributed by atoms with Gasteiger partial charge in [-0.05, 0) is 30.2 Å². The molecule has 0 fully saturated rings. The second-order valence-electron chi connectivity index (χ2n) is 4.72. The molecule has 1 N–H and O–H groups in total. The SMILES string of the molecule is C[C@H](SCc1ccccc1)C(=O)N/N=C\c1ccc(F)cc1. The second-order valence-corrected chi connectivity index (χ2v) is 6.05. The molecule has 0 saturated carbocycles. The van der Waals surface area contributed by atoms with Gasteiger partial charge in [-0.1, -0.05) is 42.5 Å². The van der Waals surface area contributed by atoms with Crippen LogP contribution in [0.4, 0.5) is 4.39 Å². The number of amides is 1. The van der Waals surface area contributed by atoms with E-state index in [-0.39, 0.29) is 17.0 Å². The van der Waals surface area contributed by atoms with Crippen molar-refractivity contribution in [2.75, 3.05) is 0 Å². The first kappa shape index (κ1) is 16.2. The summed E-state index contributed by atoms with van der Waals surface area (Å²) >= 11 is 1.55. The monoisotopic (exact) mass is 316 g/mol. The first-order valence-electron chi connectivity index (χ1n) is 6.89. The van der Waals surface area contributed by atoms with E-state index in [1.165, 1.54) is 23.9 Å². The molecule has 1 amide bonds. The van der Waals surface area contributed by atoms with Crippen LogP contribution in [0.1, 0.15) is 18.1 Å². The van der Waals surface area contributed by atoms with Crippen molar-refractivity contribution in [3.63, 3.8) is 0 Å². The highest BCUT2D eigenvalue weighted by Crippen LogP contribution is 2.17. The lowest BCUT2D eigenvalue weighted by Gasteiger charge is -2.09. The third-order valence-electron chi connectivity index (χ3n) is 2.97. The lowest BCUT2D eigenvalue weighted by atomic mass is 10.2. The van der Waals surface area contributed by atoms with Gasteiger partial charge >= 0.3 is 0 Å². The standard InChI is InChI=1S/C17H17FN2OS/c1-13(22-12-15-5-3-2-4-6-15)17(21)20-19-11-14-7-9-16(18)10-8-14/h2-11,13H,12H2,1H3,(H,20,21)/b19-11-/t13-/m0/s1. The van der Waals surface area contributed by atoms with Crippen molar-refractivity contribution in [2.24, 2.45) is 5.10 Å². The van der Waals surface area contributed by atoms with Crippen LogP contribution in [0.15, 0.2) is 59.7 Å². The normalized spacial score (nSPS) is 12.3. The fourth-order valence-electron chi connectivity index (χ4n) is 1.68. The van der Waals surface area contributed by atoms with Crippen molar-refractivity contribution < 1.29 is 9.18 Å². The lowest BCUT2D eigenvalue weighted by Crippen LogP contribution is -2.26. The Morgan fingerprint density at radius 2 is 1.91 bits per heavy atom. The van der Waals surface area contributed by atoms with E-state index in [4.69, 9.17) is 0 Å². The fourth-order valence-corrected chi connectivity index (χ4v) is 2.52. The van der Waals surface area contributed by atoms with Gasteiger partial charge in [0.25, 0.3) is 5.91 Å². The third kappa shape index (κ3) is 5.33. The molecule has 0 aromatic heterocycles. The Balaban J connectivity index is 1.77. The molecule has 0 aliphatic heterocycles. The Morgan fingerprint density at radius 1 is 1.23 bits per heavy atom. The Labute approximate surface area is 133 Å². The summed E-state index contributed by atoms with van der Waals surface area (Å²) in [4.78, 5) is 11.9. The molecule has 2 aromatic rings. The Hall–Kier alpha value is -2.14. The van der Waals surface area contributed by atoms with E-state index in [9.17, 15) is 9.18 Å². The molecule has 0 spiro atoms. The third-order valence-corrected chi connectivity index (χ3v) is 4.18. The quantitative estimate of drug-likeness (QED) is 0.653. The predicted octanol–water partition coefficient (Wildman–Crippen LogP) is 3.60. The van der Waals surface area contributed by atoms with Gasteiger partial charge in [-0.15, -0.1) is 11.8 Å². The molecule has 22 heavy (non-hydrogen) atoms. The number of nitrogens with zero attached hydrogens (tertiary/aromatic N) is 1. The van der Waals surface area contributed by atoms with Crippen LogP contribution in [0.25, 0.3) is 0 Å². The predicted molar refractivity (Wildman–Crippen MR) is 89.3 cm³/mol. The summed E-state index contributed by atoms with van der Waals surface area (Å²) in [5.74, 6) is 0.323. The number of hydrogen-bond acceptors (Lipinski definition) is 3. The maximum Gasteiger partial charge on any atom is 0.252 e. The first-order chi connectivity index (χ1) is 10.6. The number of carbonyl (C=O) groups excluding carboxylic acids is 1. The van der Waals surface area contributed by atoms with Crippen molar-refractivity contribution in [1.82, 2.24) is 5.43 Å². The van der Waals surface area contributed by atoms with Crippen LogP contribution < -0.4 is 5.43 Å². The molecule has 2 aromatic carbocycles. The fraction of sp³-hybridized carbons (Fsp3) is 0.176. The zero-order valence-corrected chi connectivity index (χ0v) is 13.0. The van der Waals surface area contributed by atoms with Crippen LogP contribution >= 0.6 is 11.8 Å². The highest BCUT2D eigenvalue weighted by molar-refractivity contribution is 7.99. The number of benzene rings is 2. The Morgan fingerprint density at radius 3 is 2.59 bits per heavy atom. The maximum absolute atomic E-state index is 12.8. The summed E-state index contributed by atoms with van der Waals surface area (Å²) in [7, 11) is 0. The van der Waals surface area contributed by atoms with Crippen molar-refractivity contribution in [3.8, 4) is 0 Å². The largest absolute Gasteiger partial charge is 0.272 e. The average molecular weight is 316 g/mol. The van der Waals surface area contributed by atoms with Crippen LogP contribution in [0.3, 0.4) is 0 Å². The van der Waals surface area contributed by atoms with E-state index in [0.717, 1.165) is 11.3 Å². The van der Waals surface area contributed by atoms with Gasteiger partial charge in [-0.3, -0.25) is 4.79 Å². The van der Waals surface area contributed by atoms with E-state index in [1.54, 1.807) is 23.9 Å². The van der Waals surface area contributed by atoms with E-state index >= 15 is 0 Å². The van der Waals surface area contributed by atoms with Gasteiger partial charge in [0.2, 0.25) is 0 Å². The molecule has 0 saturated heterocycles. The minimum Gasteiger partial charge on any atom is -0.272 e. The summed E-state index contributed by atoms with van der Waals surface area (Å²) in [6.45, 7) is 1.84. The average Bonchev–Trinajstić information content (AvgIpc) is 2.55. The number of halogens is 1.